The predicted molar refractivity (Wildman–Crippen MR) is 38.9 cm³/mol. The fourth-order valence-electron chi connectivity index (χ4n) is 0.505. The molecule has 0 bridgehead atoms. The fraction of sp³-hybridized carbons (Fsp3) is 0.600. The first kappa shape index (κ1) is 7.13. The van der Waals surface area contributed by atoms with E-state index in [0.717, 1.165) is 12.2 Å². The van der Waals surface area contributed by atoms with Gasteiger partial charge in [-0.3, -0.25) is 4.18 Å². The summed E-state index contributed by atoms with van der Waals surface area (Å²) >= 11 is 0. The van der Waals surface area contributed by atoms with E-state index in [2.05, 4.69) is 5.92 Å². The average Bonchev–Trinajstić information content (AvgIpc) is 1.88. The van der Waals surface area contributed by atoms with Crippen LogP contribution in [0.25, 0.3) is 0 Å². The Hall–Kier alpha value is 0.0200. The van der Waals surface area contributed by atoms with Crippen LogP contribution < -0.4 is 0 Å². The summed E-state index contributed by atoms with van der Waals surface area (Å²) in [6, 6.07) is 0. The highest BCUT2D eigenvalue weighted by Gasteiger charge is 2.16. The molecule has 2 nitrogen and oxygen atoms in total. The largest absolute Gasteiger partial charge is 0.266 e. The van der Waals surface area contributed by atoms with Crippen molar-refractivity contribution in [3.8, 4) is 12.3 Å². The Kier molecular flexibility index (Phi) is 2.58. The summed E-state index contributed by atoms with van der Waals surface area (Å²) in [4.78, 5) is 0. The minimum atomic E-state index is -1.20. The van der Waals surface area contributed by atoms with Crippen molar-refractivity contribution in [3.63, 3.8) is 0 Å². The van der Waals surface area contributed by atoms with Crippen LogP contribution in [0.4, 0.5) is 0 Å². The highest BCUT2D eigenvalue weighted by Crippen LogP contribution is 2.20. The van der Waals surface area contributed by atoms with Crippen LogP contribution in [0.2, 0.25) is 0 Å². The molecule has 0 aromatic rings. The van der Waals surface area contributed by atoms with Gasteiger partial charge in [-0.25, -0.2) is 4.21 Å². The third-order valence-corrected chi connectivity index (χ3v) is 3.24. The van der Waals surface area contributed by atoms with Gasteiger partial charge in [0.15, 0.2) is 0 Å². The molecule has 2 atom stereocenters. The Morgan fingerprint density at radius 2 is 2.67 bits per heavy atom. The summed E-state index contributed by atoms with van der Waals surface area (Å²) < 4.78 is 15.4. The lowest BCUT2D eigenvalue weighted by atomic mass is 10.3. The molecule has 0 aromatic heterocycles. The van der Waals surface area contributed by atoms with Crippen LogP contribution in [0.3, 0.4) is 0 Å². The highest BCUT2D eigenvalue weighted by atomic mass is 33.1. The van der Waals surface area contributed by atoms with Crippen LogP contribution >= 0.6 is 10.8 Å². The van der Waals surface area contributed by atoms with Crippen LogP contribution in [0, 0.1) is 12.3 Å². The monoisotopic (exact) mass is 162 g/mol. The molecule has 1 heterocycles. The quantitative estimate of drug-likeness (QED) is 0.388. The van der Waals surface area contributed by atoms with Gasteiger partial charge in [0.1, 0.15) is 6.10 Å². The first-order valence-electron chi connectivity index (χ1n) is 2.51. The van der Waals surface area contributed by atoms with Gasteiger partial charge in [0, 0.05) is 5.75 Å². The standard InChI is InChI=1S/C5H6O2S2/c1-2-5-3-4-8-9(6)7-5/h1,5H,3-4H2. The number of terminal acetylenes is 1. The van der Waals surface area contributed by atoms with E-state index in [1.165, 1.54) is 10.8 Å². The lowest BCUT2D eigenvalue weighted by Crippen LogP contribution is -2.16. The topological polar surface area (TPSA) is 26.3 Å². The maximum atomic E-state index is 10.6. The van der Waals surface area contributed by atoms with Crippen molar-refractivity contribution in [2.45, 2.75) is 12.5 Å². The number of rotatable bonds is 0. The molecule has 4 heteroatoms. The Morgan fingerprint density at radius 1 is 1.89 bits per heavy atom. The third-order valence-electron chi connectivity index (χ3n) is 0.940. The molecular weight excluding hydrogens is 156 g/mol. The van der Waals surface area contributed by atoms with Crippen LogP contribution in [-0.4, -0.2) is 16.1 Å². The average molecular weight is 162 g/mol. The molecule has 1 saturated heterocycles. The van der Waals surface area contributed by atoms with E-state index < -0.39 is 10.1 Å². The molecule has 0 amide bonds. The molecule has 0 radical (unpaired) electrons. The minimum Gasteiger partial charge on any atom is -0.266 e. The van der Waals surface area contributed by atoms with Gasteiger partial charge in [-0.1, -0.05) is 5.92 Å². The third kappa shape index (κ3) is 2.01. The molecule has 0 saturated carbocycles. The van der Waals surface area contributed by atoms with Crippen molar-refractivity contribution in [1.82, 2.24) is 0 Å². The van der Waals surface area contributed by atoms with Gasteiger partial charge in [-0.2, -0.15) is 0 Å². The summed E-state index contributed by atoms with van der Waals surface area (Å²) in [5.74, 6) is 3.24. The van der Waals surface area contributed by atoms with Crippen molar-refractivity contribution in [2.75, 3.05) is 5.75 Å². The van der Waals surface area contributed by atoms with Gasteiger partial charge in [-0.05, 0) is 17.2 Å². The second-order valence-electron chi connectivity index (χ2n) is 1.57. The van der Waals surface area contributed by atoms with E-state index in [4.69, 9.17) is 10.6 Å². The first-order valence-corrected chi connectivity index (χ1v) is 5.09. The summed E-state index contributed by atoms with van der Waals surface area (Å²) in [7, 11) is 0.0956. The lowest BCUT2D eigenvalue weighted by Gasteiger charge is -2.14. The summed E-state index contributed by atoms with van der Waals surface area (Å²) in [5, 5.41) is 0. The second kappa shape index (κ2) is 3.25. The molecule has 1 aliphatic heterocycles. The zero-order valence-electron chi connectivity index (χ0n) is 4.70. The van der Waals surface area contributed by atoms with Crippen molar-refractivity contribution >= 4 is 20.9 Å². The summed E-state index contributed by atoms with van der Waals surface area (Å²) in [6.07, 6.45) is 5.63. The lowest BCUT2D eigenvalue weighted by molar-refractivity contribution is 0.286. The van der Waals surface area contributed by atoms with Gasteiger partial charge >= 0.3 is 0 Å². The van der Waals surface area contributed by atoms with Crippen LogP contribution in [0.5, 0.6) is 0 Å². The molecular formula is C5H6O2S2. The maximum Gasteiger partial charge on any atom is 0.220 e. The molecule has 1 aliphatic rings. The van der Waals surface area contributed by atoms with E-state index in [9.17, 15) is 4.21 Å². The van der Waals surface area contributed by atoms with Gasteiger partial charge < -0.3 is 0 Å². The van der Waals surface area contributed by atoms with Crippen LogP contribution in [-0.2, 0) is 14.3 Å². The smallest absolute Gasteiger partial charge is 0.220 e. The Morgan fingerprint density at radius 3 is 3.11 bits per heavy atom. The van der Waals surface area contributed by atoms with E-state index in [1.807, 2.05) is 0 Å². The summed E-state index contributed by atoms with van der Waals surface area (Å²) in [6.45, 7) is 0. The highest BCUT2D eigenvalue weighted by molar-refractivity contribution is 8.67. The SMILES string of the molecule is C#CC1CCSS(=O)O1. The molecule has 9 heavy (non-hydrogen) atoms. The molecule has 0 spiro atoms. The second-order valence-corrected chi connectivity index (χ2v) is 4.33. The Labute approximate surface area is 60.4 Å². The van der Waals surface area contributed by atoms with Crippen molar-refractivity contribution in [1.29, 1.82) is 0 Å². The Balaban J connectivity index is 2.43. The van der Waals surface area contributed by atoms with Crippen LogP contribution in [0.1, 0.15) is 6.42 Å². The molecule has 1 fully saturated rings. The minimum absolute atomic E-state index is 0.230. The Bertz CT molecular complexity index is 161. The molecule has 0 N–H and O–H groups in total. The zero-order valence-corrected chi connectivity index (χ0v) is 6.33. The normalized spacial score (nSPS) is 35.4. The fourth-order valence-corrected chi connectivity index (χ4v) is 2.50. The van der Waals surface area contributed by atoms with E-state index in [1.54, 1.807) is 0 Å². The van der Waals surface area contributed by atoms with E-state index in [-0.39, 0.29) is 6.10 Å². The van der Waals surface area contributed by atoms with Gasteiger partial charge in [0.2, 0.25) is 10.1 Å². The first-order chi connectivity index (χ1) is 4.33. The molecule has 0 aromatic carbocycles. The van der Waals surface area contributed by atoms with Crippen LogP contribution in [0.15, 0.2) is 0 Å². The predicted octanol–water partition coefficient (Wildman–Crippen LogP) is 0.720. The molecule has 50 valence electrons. The summed E-state index contributed by atoms with van der Waals surface area (Å²) in [5.41, 5.74) is 0. The van der Waals surface area contributed by atoms with E-state index in [0.29, 0.717) is 0 Å². The van der Waals surface area contributed by atoms with Crippen molar-refractivity contribution in [3.05, 3.63) is 0 Å². The van der Waals surface area contributed by atoms with Gasteiger partial charge in [0.25, 0.3) is 0 Å². The van der Waals surface area contributed by atoms with Gasteiger partial charge in [-0.15, -0.1) is 6.42 Å². The molecule has 0 aliphatic carbocycles. The zero-order chi connectivity index (χ0) is 6.69. The van der Waals surface area contributed by atoms with E-state index >= 15 is 0 Å². The van der Waals surface area contributed by atoms with Crippen molar-refractivity contribution < 1.29 is 8.39 Å². The van der Waals surface area contributed by atoms with Crippen molar-refractivity contribution in [2.24, 2.45) is 0 Å². The molecule has 1 rings (SSSR count). The molecule has 2 unspecified atom stereocenters. The number of hydrogen-bond donors (Lipinski definition) is 0. The maximum absolute atomic E-state index is 10.6. The van der Waals surface area contributed by atoms with Gasteiger partial charge in [0.05, 0.1) is 0 Å². The number of hydrogen-bond acceptors (Lipinski definition) is 3.